The van der Waals surface area contributed by atoms with Crippen molar-refractivity contribution in [1.29, 1.82) is 0 Å². The number of rotatable bonds is 3. The van der Waals surface area contributed by atoms with Crippen LogP contribution in [0.4, 0.5) is 15.6 Å². The van der Waals surface area contributed by atoms with Gasteiger partial charge < -0.3 is 19.3 Å². The van der Waals surface area contributed by atoms with E-state index in [2.05, 4.69) is 24.8 Å². The molecule has 1 N–H and O–H groups in total. The zero-order valence-electron chi connectivity index (χ0n) is 19.6. The third-order valence-electron chi connectivity index (χ3n) is 7.22. The van der Waals surface area contributed by atoms with E-state index in [0.29, 0.717) is 50.8 Å². The molecular weight excluding hydrogens is 480 g/mol. The Labute approximate surface area is 211 Å². The van der Waals surface area contributed by atoms with Crippen LogP contribution in [0.2, 0.25) is 0 Å². The van der Waals surface area contributed by atoms with Gasteiger partial charge in [-0.2, -0.15) is 0 Å². The zero-order chi connectivity index (χ0) is 24.6. The molecule has 0 spiro atoms. The highest BCUT2D eigenvalue weighted by Crippen LogP contribution is 2.36. The Morgan fingerprint density at radius 2 is 1.83 bits per heavy atom. The van der Waals surface area contributed by atoms with Gasteiger partial charge in [0, 0.05) is 81.2 Å². The van der Waals surface area contributed by atoms with Gasteiger partial charge in [0.15, 0.2) is 10.7 Å². The molecule has 186 valence electrons. The van der Waals surface area contributed by atoms with E-state index in [9.17, 15) is 14.4 Å². The van der Waals surface area contributed by atoms with E-state index in [0.717, 1.165) is 29.5 Å². The number of hydrogen-bond donors (Lipinski definition) is 1. The van der Waals surface area contributed by atoms with Crippen LogP contribution in [0, 0.1) is 5.92 Å². The number of hydrogen-bond acceptors (Lipinski definition) is 8. The minimum Gasteiger partial charge on any atom is -0.353 e. The Morgan fingerprint density at radius 1 is 0.972 bits per heavy atom. The van der Waals surface area contributed by atoms with Crippen molar-refractivity contribution in [3.63, 3.8) is 0 Å². The van der Waals surface area contributed by atoms with Crippen molar-refractivity contribution in [2.45, 2.75) is 18.9 Å². The molecular formula is C24H26N8O3S. The summed E-state index contributed by atoms with van der Waals surface area (Å²) in [6.45, 7) is 4.13. The molecule has 3 aliphatic rings. The van der Waals surface area contributed by atoms with Crippen molar-refractivity contribution in [3.8, 4) is 0 Å². The molecule has 36 heavy (non-hydrogen) atoms. The minimum atomic E-state index is -0.264. The summed E-state index contributed by atoms with van der Waals surface area (Å²) >= 11 is 1.01. The number of pyridine rings is 2. The summed E-state index contributed by atoms with van der Waals surface area (Å²) in [4.78, 5) is 48.7. The number of piperidine rings is 1. The summed E-state index contributed by atoms with van der Waals surface area (Å²) in [6, 6.07) is 10.9. The van der Waals surface area contributed by atoms with Gasteiger partial charge >= 0.3 is 6.03 Å². The van der Waals surface area contributed by atoms with Gasteiger partial charge in [-0.3, -0.25) is 14.9 Å². The first-order chi connectivity index (χ1) is 17.6. The van der Waals surface area contributed by atoms with Crippen LogP contribution in [0.5, 0.6) is 0 Å². The maximum absolute atomic E-state index is 13.4. The van der Waals surface area contributed by atoms with Crippen molar-refractivity contribution in [2.75, 3.05) is 49.5 Å². The highest BCUT2D eigenvalue weighted by atomic mass is 32.1. The highest BCUT2D eigenvalue weighted by Gasteiger charge is 2.38. The van der Waals surface area contributed by atoms with Gasteiger partial charge in [-0.05, 0) is 30.5 Å². The van der Waals surface area contributed by atoms with E-state index in [1.165, 1.54) is 0 Å². The van der Waals surface area contributed by atoms with Crippen LogP contribution in [-0.2, 0) is 6.54 Å². The smallest absolute Gasteiger partial charge is 0.322 e. The zero-order valence-corrected chi connectivity index (χ0v) is 20.4. The first-order valence-corrected chi connectivity index (χ1v) is 12.9. The standard InChI is InChI=1S/C24H26N8O3S/c33-20-6-3-4-18-17-12-16(14-32(18)20)13-31(15-17)23(34)21-22(36-28-27-21)26-24(35)30-10-8-29(9-11-30)19-5-1-2-7-25-19/h1-7,16-17H,8-15H2,(H,26,35)/t16-,17-/m0/s1. The van der Waals surface area contributed by atoms with Gasteiger partial charge in [0.1, 0.15) is 5.82 Å². The van der Waals surface area contributed by atoms with Gasteiger partial charge in [-0.25, -0.2) is 9.78 Å². The maximum atomic E-state index is 13.4. The summed E-state index contributed by atoms with van der Waals surface area (Å²) in [5, 5.41) is 7.29. The summed E-state index contributed by atoms with van der Waals surface area (Å²) in [7, 11) is 0. The molecule has 6 rings (SSSR count). The molecule has 11 nitrogen and oxygen atoms in total. The molecule has 2 bridgehead atoms. The summed E-state index contributed by atoms with van der Waals surface area (Å²) in [5.41, 5.74) is 1.16. The molecule has 0 saturated carbocycles. The fraction of sp³-hybridized carbons (Fsp3) is 0.417. The van der Waals surface area contributed by atoms with Gasteiger partial charge in [-0.1, -0.05) is 16.6 Å². The normalized spacial score (nSPS) is 21.2. The monoisotopic (exact) mass is 506 g/mol. The van der Waals surface area contributed by atoms with E-state index < -0.39 is 0 Å². The molecule has 0 unspecified atom stereocenters. The SMILES string of the molecule is O=C(Nc1snnc1C(=O)N1C[C@@H]2C[C@@H](C1)c1cccc(=O)n1C2)N1CCN(c2ccccn2)CC1. The maximum Gasteiger partial charge on any atom is 0.322 e. The molecule has 0 radical (unpaired) electrons. The Morgan fingerprint density at radius 3 is 2.64 bits per heavy atom. The second-order valence-corrected chi connectivity index (χ2v) is 10.2. The lowest BCUT2D eigenvalue weighted by molar-refractivity contribution is 0.0589. The largest absolute Gasteiger partial charge is 0.353 e. The lowest BCUT2D eigenvalue weighted by Crippen LogP contribution is -2.50. The van der Waals surface area contributed by atoms with Gasteiger partial charge in [0.05, 0.1) is 0 Å². The van der Waals surface area contributed by atoms with E-state index in [4.69, 9.17) is 0 Å². The number of carbonyl (C=O) groups excluding carboxylic acids is 2. The molecule has 0 aromatic carbocycles. The van der Waals surface area contributed by atoms with E-state index in [1.807, 2.05) is 28.8 Å². The van der Waals surface area contributed by atoms with Crippen LogP contribution in [0.1, 0.15) is 28.5 Å². The van der Waals surface area contributed by atoms with Crippen molar-refractivity contribution < 1.29 is 9.59 Å². The van der Waals surface area contributed by atoms with Crippen molar-refractivity contribution in [2.24, 2.45) is 5.92 Å². The molecule has 3 amide bonds. The van der Waals surface area contributed by atoms with Gasteiger partial charge in [0.2, 0.25) is 0 Å². The number of nitrogens with zero attached hydrogens (tertiary/aromatic N) is 7. The number of fused-ring (bicyclic) bond motifs is 4. The first kappa shape index (κ1) is 22.7. The molecule has 6 heterocycles. The summed E-state index contributed by atoms with van der Waals surface area (Å²) < 4.78 is 5.79. The molecule has 3 aromatic heterocycles. The van der Waals surface area contributed by atoms with E-state index >= 15 is 0 Å². The topological polar surface area (TPSA) is 117 Å². The third kappa shape index (κ3) is 4.21. The molecule has 0 aliphatic carbocycles. The molecule has 2 atom stereocenters. The van der Waals surface area contributed by atoms with Crippen LogP contribution in [0.3, 0.4) is 0 Å². The van der Waals surface area contributed by atoms with Crippen LogP contribution in [-0.4, -0.2) is 80.1 Å². The Kier molecular flexibility index (Phi) is 5.88. The lowest BCUT2D eigenvalue weighted by atomic mass is 9.83. The first-order valence-electron chi connectivity index (χ1n) is 12.1. The fourth-order valence-electron chi connectivity index (χ4n) is 5.48. The summed E-state index contributed by atoms with van der Waals surface area (Å²) in [6.07, 6.45) is 2.72. The van der Waals surface area contributed by atoms with Gasteiger partial charge in [0.25, 0.3) is 11.5 Å². The number of anilines is 2. The Bertz CT molecular complexity index is 1330. The van der Waals surface area contributed by atoms with Crippen molar-refractivity contribution in [3.05, 3.63) is 64.3 Å². The number of amides is 3. The summed E-state index contributed by atoms with van der Waals surface area (Å²) in [5.74, 6) is 0.979. The Hall–Kier alpha value is -3.80. The molecule has 2 saturated heterocycles. The third-order valence-corrected chi connectivity index (χ3v) is 7.86. The minimum absolute atomic E-state index is 0.0107. The van der Waals surface area contributed by atoms with Crippen molar-refractivity contribution >= 4 is 34.3 Å². The molecule has 3 aliphatic heterocycles. The number of urea groups is 1. The number of nitrogens with one attached hydrogen (secondary N) is 1. The average Bonchev–Trinajstić information content (AvgIpc) is 3.37. The quantitative estimate of drug-likeness (QED) is 0.575. The number of piperazine rings is 1. The van der Waals surface area contributed by atoms with E-state index in [1.54, 1.807) is 28.1 Å². The van der Waals surface area contributed by atoms with Crippen LogP contribution >= 0.6 is 11.5 Å². The van der Waals surface area contributed by atoms with E-state index in [-0.39, 0.29) is 35.0 Å². The number of aromatic nitrogens is 4. The Balaban J connectivity index is 1.11. The fourth-order valence-corrected chi connectivity index (χ4v) is 6.03. The van der Waals surface area contributed by atoms with Gasteiger partial charge in [-0.15, -0.1) is 5.10 Å². The second-order valence-electron chi connectivity index (χ2n) is 9.45. The molecule has 12 heteroatoms. The molecule has 3 aromatic rings. The van der Waals surface area contributed by atoms with Crippen LogP contribution in [0.25, 0.3) is 0 Å². The highest BCUT2D eigenvalue weighted by molar-refractivity contribution is 7.10. The van der Waals surface area contributed by atoms with Crippen LogP contribution in [0.15, 0.2) is 47.4 Å². The predicted molar refractivity (Wildman–Crippen MR) is 134 cm³/mol. The average molecular weight is 507 g/mol. The van der Waals surface area contributed by atoms with Crippen LogP contribution < -0.4 is 15.8 Å². The predicted octanol–water partition coefficient (Wildman–Crippen LogP) is 1.71. The van der Waals surface area contributed by atoms with Crippen molar-refractivity contribution in [1.82, 2.24) is 28.9 Å². The number of likely N-dealkylation sites (tertiary alicyclic amines) is 1. The second kappa shape index (κ2) is 9.34. The number of carbonyl (C=O) groups is 2. The lowest BCUT2D eigenvalue weighted by Gasteiger charge is -2.42. The molecule has 2 fully saturated rings.